The molecule has 0 aliphatic carbocycles. The van der Waals surface area contributed by atoms with E-state index in [9.17, 15) is 13.2 Å². The van der Waals surface area contributed by atoms with Crippen molar-refractivity contribution in [3.8, 4) is 5.75 Å². The van der Waals surface area contributed by atoms with Crippen molar-refractivity contribution in [2.45, 2.75) is 33.1 Å². The molecule has 0 aliphatic heterocycles. The monoisotopic (exact) mass is 323 g/mol. The van der Waals surface area contributed by atoms with Crippen LogP contribution in [0.1, 0.15) is 27.8 Å². The van der Waals surface area contributed by atoms with Crippen LogP contribution in [0.3, 0.4) is 0 Å². The number of rotatable bonds is 5. The first-order chi connectivity index (χ1) is 10.8. The molecule has 0 spiro atoms. The smallest absolute Gasteiger partial charge is 0.416 e. The second-order valence-corrected chi connectivity index (χ2v) is 5.56. The number of aryl methyl sites for hydroxylation is 2. The maximum Gasteiger partial charge on any atom is 0.416 e. The standard InChI is InChI=1S/C18H20F3NO/c1-12-7-15(8-13(2)17(12)23-3)11-22-10-14-5-4-6-16(9-14)18(19,20)21/h4-9,22H,10-11H2,1-3H3. The fraction of sp³-hybridized carbons (Fsp3) is 0.333. The van der Waals surface area contributed by atoms with Gasteiger partial charge in [-0.25, -0.2) is 0 Å². The highest BCUT2D eigenvalue weighted by molar-refractivity contribution is 5.43. The van der Waals surface area contributed by atoms with E-state index in [0.29, 0.717) is 18.7 Å². The maximum atomic E-state index is 12.7. The van der Waals surface area contributed by atoms with Crippen molar-refractivity contribution in [2.75, 3.05) is 7.11 Å². The topological polar surface area (TPSA) is 21.3 Å². The number of methoxy groups -OCH3 is 1. The summed E-state index contributed by atoms with van der Waals surface area (Å²) in [7, 11) is 1.64. The summed E-state index contributed by atoms with van der Waals surface area (Å²) in [6, 6.07) is 9.42. The molecule has 0 atom stereocenters. The Morgan fingerprint density at radius 1 is 0.957 bits per heavy atom. The van der Waals surface area contributed by atoms with Gasteiger partial charge in [-0.05, 0) is 42.2 Å². The van der Waals surface area contributed by atoms with Gasteiger partial charge in [-0.2, -0.15) is 13.2 Å². The van der Waals surface area contributed by atoms with Crippen LogP contribution in [0.25, 0.3) is 0 Å². The first-order valence-corrected chi connectivity index (χ1v) is 7.32. The first-order valence-electron chi connectivity index (χ1n) is 7.32. The van der Waals surface area contributed by atoms with E-state index in [2.05, 4.69) is 5.32 Å². The predicted molar refractivity (Wildman–Crippen MR) is 84.5 cm³/mol. The summed E-state index contributed by atoms with van der Waals surface area (Å²) in [6.45, 7) is 4.92. The van der Waals surface area contributed by atoms with E-state index in [-0.39, 0.29) is 0 Å². The van der Waals surface area contributed by atoms with Gasteiger partial charge in [0.05, 0.1) is 12.7 Å². The average Bonchev–Trinajstić information content (AvgIpc) is 2.46. The molecule has 0 amide bonds. The summed E-state index contributed by atoms with van der Waals surface area (Å²) in [6.07, 6.45) is -4.31. The lowest BCUT2D eigenvalue weighted by Gasteiger charge is -2.12. The van der Waals surface area contributed by atoms with Gasteiger partial charge in [0.1, 0.15) is 5.75 Å². The highest BCUT2D eigenvalue weighted by Gasteiger charge is 2.30. The van der Waals surface area contributed by atoms with E-state index in [4.69, 9.17) is 4.74 Å². The van der Waals surface area contributed by atoms with E-state index in [1.807, 2.05) is 26.0 Å². The van der Waals surface area contributed by atoms with Gasteiger partial charge in [0.25, 0.3) is 0 Å². The summed E-state index contributed by atoms with van der Waals surface area (Å²) >= 11 is 0. The summed E-state index contributed by atoms with van der Waals surface area (Å²) in [4.78, 5) is 0. The molecule has 2 nitrogen and oxygen atoms in total. The summed E-state index contributed by atoms with van der Waals surface area (Å²) in [5.74, 6) is 0.867. The highest BCUT2D eigenvalue weighted by atomic mass is 19.4. The third-order valence-electron chi connectivity index (χ3n) is 3.64. The second-order valence-electron chi connectivity index (χ2n) is 5.56. The number of ether oxygens (including phenoxy) is 1. The summed E-state index contributed by atoms with van der Waals surface area (Å²) in [5, 5.41) is 3.18. The van der Waals surface area contributed by atoms with Crippen molar-refractivity contribution in [3.63, 3.8) is 0 Å². The molecule has 2 aromatic carbocycles. The number of hydrogen-bond donors (Lipinski definition) is 1. The lowest BCUT2D eigenvalue weighted by atomic mass is 10.1. The van der Waals surface area contributed by atoms with Crippen LogP contribution >= 0.6 is 0 Å². The molecule has 0 unspecified atom stereocenters. The van der Waals surface area contributed by atoms with Crippen LogP contribution in [0.5, 0.6) is 5.75 Å². The highest BCUT2D eigenvalue weighted by Crippen LogP contribution is 2.29. The number of alkyl halides is 3. The number of benzene rings is 2. The van der Waals surface area contributed by atoms with Gasteiger partial charge in [0.2, 0.25) is 0 Å². The van der Waals surface area contributed by atoms with Crippen LogP contribution < -0.4 is 10.1 Å². The summed E-state index contributed by atoms with van der Waals surface area (Å²) in [5.41, 5.74) is 3.16. The lowest BCUT2D eigenvalue weighted by molar-refractivity contribution is -0.137. The Morgan fingerprint density at radius 2 is 1.57 bits per heavy atom. The van der Waals surface area contributed by atoms with Crippen LogP contribution in [0.4, 0.5) is 13.2 Å². The number of hydrogen-bond acceptors (Lipinski definition) is 2. The molecule has 23 heavy (non-hydrogen) atoms. The maximum absolute atomic E-state index is 12.7. The molecule has 0 saturated heterocycles. The fourth-order valence-corrected chi connectivity index (χ4v) is 2.67. The van der Waals surface area contributed by atoms with Crippen LogP contribution in [0, 0.1) is 13.8 Å². The van der Waals surface area contributed by atoms with Crippen molar-refractivity contribution in [1.29, 1.82) is 0 Å². The molecule has 0 radical (unpaired) electrons. The molecule has 1 N–H and O–H groups in total. The lowest BCUT2D eigenvalue weighted by Crippen LogP contribution is -2.14. The molecular weight excluding hydrogens is 303 g/mol. The van der Waals surface area contributed by atoms with Gasteiger partial charge < -0.3 is 10.1 Å². The van der Waals surface area contributed by atoms with Crippen LogP contribution in [-0.2, 0) is 19.3 Å². The molecule has 2 aromatic rings. The summed E-state index contributed by atoms with van der Waals surface area (Å²) < 4.78 is 43.4. The molecule has 0 heterocycles. The quantitative estimate of drug-likeness (QED) is 0.867. The Kier molecular flexibility index (Phi) is 5.31. The van der Waals surface area contributed by atoms with Gasteiger partial charge >= 0.3 is 6.18 Å². The van der Waals surface area contributed by atoms with Crippen LogP contribution in [0.2, 0.25) is 0 Å². The second kappa shape index (κ2) is 7.04. The Balaban J connectivity index is 2.00. The minimum absolute atomic E-state index is 0.383. The normalized spacial score (nSPS) is 11.6. The van der Waals surface area contributed by atoms with Gasteiger partial charge in [-0.3, -0.25) is 0 Å². The molecule has 5 heteroatoms. The van der Waals surface area contributed by atoms with E-state index in [1.54, 1.807) is 13.2 Å². The van der Waals surface area contributed by atoms with Crippen molar-refractivity contribution in [3.05, 3.63) is 64.2 Å². The largest absolute Gasteiger partial charge is 0.496 e. The van der Waals surface area contributed by atoms with E-state index >= 15 is 0 Å². The van der Waals surface area contributed by atoms with Crippen molar-refractivity contribution in [2.24, 2.45) is 0 Å². The van der Waals surface area contributed by atoms with Crippen molar-refractivity contribution in [1.82, 2.24) is 5.32 Å². The molecule has 2 rings (SSSR count). The Bertz CT molecular complexity index is 657. The molecule has 0 bridgehead atoms. The van der Waals surface area contributed by atoms with Gasteiger partial charge in [-0.15, -0.1) is 0 Å². The third-order valence-corrected chi connectivity index (χ3v) is 3.64. The predicted octanol–water partition coefficient (Wildman–Crippen LogP) is 4.62. The molecule has 0 fully saturated rings. The number of nitrogens with one attached hydrogen (secondary N) is 1. The van der Waals surface area contributed by atoms with Gasteiger partial charge in [0, 0.05) is 13.1 Å². The zero-order valence-electron chi connectivity index (χ0n) is 13.4. The van der Waals surface area contributed by atoms with Crippen molar-refractivity contribution >= 4 is 0 Å². The first kappa shape index (κ1) is 17.3. The minimum atomic E-state index is -4.31. The van der Waals surface area contributed by atoms with E-state index in [1.165, 1.54) is 12.1 Å². The Morgan fingerprint density at radius 3 is 2.13 bits per heavy atom. The van der Waals surface area contributed by atoms with Crippen LogP contribution in [0.15, 0.2) is 36.4 Å². The average molecular weight is 323 g/mol. The fourth-order valence-electron chi connectivity index (χ4n) is 2.67. The number of halogens is 3. The SMILES string of the molecule is COc1c(C)cc(CNCc2cccc(C(F)(F)F)c2)cc1C. The molecule has 124 valence electrons. The zero-order valence-corrected chi connectivity index (χ0v) is 13.4. The van der Waals surface area contributed by atoms with Gasteiger partial charge in [-0.1, -0.05) is 30.3 Å². The minimum Gasteiger partial charge on any atom is -0.496 e. The Hall–Kier alpha value is -2.01. The van der Waals surface area contributed by atoms with E-state index < -0.39 is 11.7 Å². The van der Waals surface area contributed by atoms with Gasteiger partial charge in [0.15, 0.2) is 0 Å². The van der Waals surface area contributed by atoms with Crippen LogP contribution in [-0.4, -0.2) is 7.11 Å². The third kappa shape index (κ3) is 4.48. The molecular formula is C18H20F3NO. The molecule has 0 aliphatic rings. The molecule has 0 aromatic heterocycles. The Labute approximate surface area is 134 Å². The van der Waals surface area contributed by atoms with E-state index in [0.717, 1.165) is 28.5 Å². The molecule has 0 saturated carbocycles. The zero-order chi connectivity index (χ0) is 17.0. The van der Waals surface area contributed by atoms with Crippen molar-refractivity contribution < 1.29 is 17.9 Å².